The second kappa shape index (κ2) is 16.3. The molecule has 0 bridgehead atoms. The van der Waals surface area contributed by atoms with E-state index in [0.29, 0.717) is 12.8 Å². The van der Waals surface area contributed by atoms with Crippen molar-refractivity contribution in [1.82, 2.24) is 14.5 Å². The Labute approximate surface area is 347 Å². The highest BCUT2D eigenvalue weighted by Gasteiger charge is 2.23. The third-order valence-electron chi connectivity index (χ3n) is 11.5. The Hall–Kier alpha value is -7.30. The minimum Gasteiger partial charge on any atom is -0.375 e. The van der Waals surface area contributed by atoms with Crippen LogP contribution in [-0.4, -0.2) is 15.2 Å². The Morgan fingerprint density at radius 1 is 0.644 bits per heavy atom. The van der Waals surface area contributed by atoms with Crippen LogP contribution in [0.3, 0.4) is 0 Å². The Morgan fingerprint density at radius 3 is 1.93 bits per heavy atom. The fourth-order valence-electron chi connectivity index (χ4n) is 8.40. The molecule has 0 saturated heterocycles. The van der Waals surface area contributed by atoms with Crippen molar-refractivity contribution >= 4 is 27.5 Å². The molecule has 2 aliphatic carbocycles. The highest BCUT2D eigenvalue weighted by molar-refractivity contribution is 5.89. The van der Waals surface area contributed by atoms with Crippen LogP contribution in [0.25, 0.3) is 44.4 Å². The third kappa shape index (κ3) is 7.49. The first kappa shape index (κ1) is 37.3. The number of nitrogens with zero attached hydrogens (tertiary/aromatic N) is 3. The van der Waals surface area contributed by atoms with Gasteiger partial charge in [0.25, 0.3) is 0 Å². The molecule has 59 heavy (non-hydrogen) atoms. The number of hydrogen-bond acceptors (Lipinski definition) is 2. The molecule has 4 nitrogen and oxygen atoms in total. The first-order valence-electron chi connectivity index (χ1n) is 20.4. The molecule has 0 fully saturated rings. The minimum absolute atomic E-state index is 0.00845. The lowest BCUT2D eigenvalue weighted by Crippen LogP contribution is -2.29. The average Bonchev–Trinajstić information content (AvgIpc) is 3.87. The van der Waals surface area contributed by atoms with E-state index >= 15 is 0 Å². The zero-order valence-corrected chi connectivity index (χ0v) is 33.3. The van der Waals surface area contributed by atoms with Gasteiger partial charge >= 0.3 is 0 Å². The van der Waals surface area contributed by atoms with E-state index in [1.807, 2.05) is 18.2 Å². The van der Waals surface area contributed by atoms with Gasteiger partial charge in [-0.2, -0.15) is 0 Å². The van der Waals surface area contributed by atoms with Crippen molar-refractivity contribution in [2.45, 2.75) is 31.2 Å². The number of allylic oxidation sites excluding steroid dienone is 7. The second-order valence-corrected chi connectivity index (χ2v) is 15.4. The molecule has 1 N–H and O–H groups in total. The smallest absolute Gasteiger partial charge is 0.0695 e. The summed E-state index contributed by atoms with van der Waals surface area (Å²) in [5.74, 6) is 0.205. The molecule has 7 aromatic rings. The third-order valence-corrected chi connectivity index (χ3v) is 11.5. The maximum Gasteiger partial charge on any atom is 0.0695 e. The molecule has 0 spiro atoms. The fraction of sp³-hybridized carbons (Fsp3) is 0.0909. The molecule has 2 heterocycles. The molecule has 2 unspecified atom stereocenters. The van der Waals surface area contributed by atoms with Crippen LogP contribution in [0.1, 0.15) is 30.9 Å². The topological polar surface area (TPSA) is 25.1 Å². The molecule has 2 aliphatic rings. The van der Waals surface area contributed by atoms with Crippen LogP contribution in [0.5, 0.6) is 0 Å². The van der Waals surface area contributed by atoms with Crippen molar-refractivity contribution < 1.29 is 0 Å². The van der Waals surface area contributed by atoms with E-state index in [4.69, 9.17) is 6.58 Å². The summed E-state index contributed by atoms with van der Waals surface area (Å²) in [6.07, 6.45) is 17.4. The molecule has 0 radical (unpaired) electrons. The van der Waals surface area contributed by atoms with Crippen LogP contribution in [0.2, 0.25) is 0 Å². The van der Waals surface area contributed by atoms with Gasteiger partial charge < -0.3 is 19.4 Å². The number of fused-ring (bicyclic) bond motifs is 2. The normalized spacial score (nSPS) is 16.0. The van der Waals surface area contributed by atoms with Crippen molar-refractivity contribution in [1.29, 1.82) is 0 Å². The molecule has 5 aromatic carbocycles. The zero-order chi connectivity index (χ0) is 40.3. The van der Waals surface area contributed by atoms with Gasteiger partial charge in [0.1, 0.15) is 0 Å². The fourth-order valence-corrected chi connectivity index (χ4v) is 8.40. The summed E-state index contributed by atoms with van der Waals surface area (Å²) in [4.78, 5) is 2.32. The molecular weight excluding hydrogens is 717 g/mol. The molecular formula is C55H48N4. The molecule has 4 heteroatoms. The minimum atomic E-state index is 0.00845. The van der Waals surface area contributed by atoms with Gasteiger partial charge in [0.2, 0.25) is 0 Å². The summed E-state index contributed by atoms with van der Waals surface area (Å²) in [5, 5.41) is 5.96. The number of aromatic nitrogens is 2. The number of para-hydroxylation sites is 4. The largest absolute Gasteiger partial charge is 0.375 e. The van der Waals surface area contributed by atoms with Gasteiger partial charge in [0, 0.05) is 56.5 Å². The summed E-state index contributed by atoms with van der Waals surface area (Å²) < 4.78 is 4.76. The lowest BCUT2D eigenvalue weighted by atomic mass is 9.94. The van der Waals surface area contributed by atoms with Gasteiger partial charge in [-0.3, -0.25) is 0 Å². The van der Waals surface area contributed by atoms with Crippen molar-refractivity contribution in [3.05, 3.63) is 248 Å². The second-order valence-electron chi connectivity index (χ2n) is 15.4. The van der Waals surface area contributed by atoms with Crippen LogP contribution < -0.4 is 10.2 Å². The SMILES string of the molecule is C=C(CCC(=C)N(C1=CCC(c2cc3ccccc3n2-c2ccccc2)C=C1)c1ccc(-c2cc3ccccc3n2-c2ccccc2)cc1)C(=C)NC1C=CC=CC1=C. The molecule has 2 atom stereocenters. The van der Waals surface area contributed by atoms with E-state index in [-0.39, 0.29) is 12.0 Å². The maximum atomic E-state index is 4.71. The van der Waals surface area contributed by atoms with E-state index in [1.165, 1.54) is 33.2 Å². The first-order chi connectivity index (χ1) is 28.9. The molecule has 288 valence electrons. The van der Waals surface area contributed by atoms with Crippen molar-refractivity contribution in [2.75, 3.05) is 4.90 Å². The van der Waals surface area contributed by atoms with Crippen molar-refractivity contribution in [2.24, 2.45) is 0 Å². The molecule has 0 aliphatic heterocycles. The van der Waals surface area contributed by atoms with Gasteiger partial charge in [0.05, 0.1) is 22.8 Å². The molecule has 2 aromatic heterocycles. The Kier molecular flexibility index (Phi) is 10.3. The average molecular weight is 765 g/mol. The molecule has 0 amide bonds. The Morgan fingerprint density at radius 2 is 1.27 bits per heavy atom. The highest BCUT2D eigenvalue weighted by atomic mass is 15.2. The Bertz CT molecular complexity index is 2840. The summed E-state index contributed by atoms with van der Waals surface area (Å²) in [7, 11) is 0. The van der Waals surface area contributed by atoms with Crippen LogP contribution in [0, 0.1) is 0 Å². The predicted molar refractivity (Wildman–Crippen MR) is 250 cm³/mol. The van der Waals surface area contributed by atoms with Gasteiger partial charge in [-0.25, -0.2) is 0 Å². The number of nitrogens with one attached hydrogen (secondary N) is 1. The van der Waals surface area contributed by atoms with E-state index in [0.717, 1.165) is 57.3 Å². The van der Waals surface area contributed by atoms with Crippen LogP contribution >= 0.6 is 0 Å². The lowest BCUT2D eigenvalue weighted by molar-refractivity contribution is 0.752. The number of anilines is 1. The Balaban J connectivity index is 1.03. The maximum absolute atomic E-state index is 4.71. The molecule has 9 rings (SSSR count). The van der Waals surface area contributed by atoms with E-state index < -0.39 is 0 Å². The van der Waals surface area contributed by atoms with E-state index in [9.17, 15) is 0 Å². The molecule has 0 saturated carbocycles. The van der Waals surface area contributed by atoms with Crippen LogP contribution in [0.4, 0.5) is 5.69 Å². The van der Waals surface area contributed by atoms with Gasteiger partial charge in [-0.15, -0.1) is 0 Å². The monoisotopic (exact) mass is 764 g/mol. The van der Waals surface area contributed by atoms with Crippen LogP contribution in [0.15, 0.2) is 243 Å². The van der Waals surface area contributed by atoms with Gasteiger partial charge in [-0.05, 0) is 103 Å². The summed E-state index contributed by atoms with van der Waals surface area (Å²) in [6.45, 7) is 17.7. The summed E-state index contributed by atoms with van der Waals surface area (Å²) in [5.41, 5.74) is 14.2. The van der Waals surface area contributed by atoms with E-state index in [1.54, 1.807) is 0 Å². The number of rotatable bonds is 13. The van der Waals surface area contributed by atoms with Crippen LogP contribution in [-0.2, 0) is 0 Å². The quantitative estimate of drug-likeness (QED) is 0.118. The highest BCUT2D eigenvalue weighted by Crippen LogP contribution is 2.38. The van der Waals surface area contributed by atoms with Gasteiger partial charge in [0.15, 0.2) is 0 Å². The zero-order valence-electron chi connectivity index (χ0n) is 33.3. The standard InChI is InChI=1S/C55H48N4/c1-39(42(4)56-51-24-14-11-17-40(51)2)27-28-41(3)57(49-33-29-43(30-34-49)54-37-45-18-12-15-25-52(45)58(54)47-20-7-5-8-21-47)50-35-31-44(32-36-50)55-38-46-19-13-16-26-53(46)59(55)48-22-9-6-10-23-48/h5-26,29-31,33-38,44,51,56H,1-4,27-28,32H2. The lowest BCUT2D eigenvalue weighted by Gasteiger charge is -2.31. The number of hydrogen-bond donors (Lipinski definition) is 1. The summed E-state index contributed by atoms with van der Waals surface area (Å²) >= 11 is 0. The van der Waals surface area contributed by atoms with Gasteiger partial charge in [-0.1, -0.05) is 148 Å². The number of benzene rings is 5. The van der Waals surface area contributed by atoms with Crippen molar-refractivity contribution in [3.8, 4) is 22.6 Å². The van der Waals surface area contributed by atoms with E-state index in [2.05, 4.69) is 209 Å². The van der Waals surface area contributed by atoms with Crippen molar-refractivity contribution in [3.63, 3.8) is 0 Å². The summed E-state index contributed by atoms with van der Waals surface area (Å²) in [6, 6.07) is 52.1. The first-order valence-corrected chi connectivity index (χ1v) is 20.4. The predicted octanol–water partition coefficient (Wildman–Crippen LogP) is 13.7.